The SMILES string of the molecule is CC/C(=C\c1ccccc1)[C@@H]1[C@H](/C=C/c2ccccc2)[C@@H]2O[C@H]1c1ccccc12. The molecule has 2 aliphatic rings. The van der Waals surface area contributed by atoms with Crippen LogP contribution < -0.4 is 0 Å². The number of rotatable bonds is 5. The molecule has 0 amide bonds. The molecular weight excluding hydrogens is 352 g/mol. The molecule has 0 spiro atoms. The van der Waals surface area contributed by atoms with Crippen LogP contribution in [0.1, 0.15) is 47.8 Å². The zero-order chi connectivity index (χ0) is 19.6. The minimum Gasteiger partial charge on any atom is -0.364 e. The van der Waals surface area contributed by atoms with Gasteiger partial charge in [-0.3, -0.25) is 0 Å². The third-order valence-corrected chi connectivity index (χ3v) is 6.29. The Hall–Kier alpha value is -2.90. The van der Waals surface area contributed by atoms with Gasteiger partial charge in [-0.05, 0) is 28.7 Å². The number of ether oxygens (including phenoxy) is 1. The van der Waals surface area contributed by atoms with Gasteiger partial charge >= 0.3 is 0 Å². The zero-order valence-electron chi connectivity index (χ0n) is 16.7. The molecule has 0 radical (unpaired) electrons. The number of fused-ring (bicyclic) bond motifs is 5. The monoisotopic (exact) mass is 378 g/mol. The van der Waals surface area contributed by atoms with Crippen LogP contribution in [0.2, 0.25) is 0 Å². The third kappa shape index (κ3) is 3.36. The highest BCUT2D eigenvalue weighted by Gasteiger charge is 2.51. The van der Waals surface area contributed by atoms with E-state index >= 15 is 0 Å². The molecule has 0 unspecified atom stereocenters. The second kappa shape index (κ2) is 7.85. The van der Waals surface area contributed by atoms with Crippen LogP contribution >= 0.6 is 0 Å². The van der Waals surface area contributed by atoms with Gasteiger partial charge in [0.1, 0.15) is 0 Å². The quantitative estimate of drug-likeness (QED) is 0.454. The standard InChI is InChI=1S/C28H26O/c1-2-22(19-21-13-7-4-8-14-21)26-25(18-17-20-11-5-3-6-12-20)27-23-15-9-10-16-24(23)28(26)29-27/h3-19,25-28H,2H2,1H3/b18-17+,22-19+/t25-,26+,27+,28-/m0/s1. The molecule has 1 fully saturated rings. The Balaban J connectivity index is 1.56. The average molecular weight is 379 g/mol. The van der Waals surface area contributed by atoms with Crippen molar-refractivity contribution in [2.75, 3.05) is 0 Å². The van der Waals surface area contributed by atoms with Gasteiger partial charge in [0.05, 0.1) is 12.2 Å². The van der Waals surface area contributed by atoms with E-state index in [0.29, 0.717) is 11.8 Å². The van der Waals surface area contributed by atoms with Gasteiger partial charge in [-0.2, -0.15) is 0 Å². The van der Waals surface area contributed by atoms with E-state index in [1.807, 2.05) is 0 Å². The summed E-state index contributed by atoms with van der Waals surface area (Å²) >= 11 is 0. The smallest absolute Gasteiger partial charge is 0.0909 e. The van der Waals surface area contributed by atoms with Crippen LogP contribution in [0, 0.1) is 11.8 Å². The first-order chi connectivity index (χ1) is 14.3. The van der Waals surface area contributed by atoms with Gasteiger partial charge in [0, 0.05) is 11.8 Å². The average Bonchev–Trinajstić information content (AvgIpc) is 3.34. The van der Waals surface area contributed by atoms with E-state index in [1.165, 1.54) is 27.8 Å². The number of hydrogen-bond donors (Lipinski definition) is 0. The second-order valence-electron chi connectivity index (χ2n) is 7.96. The Morgan fingerprint density at radius 3 is 2.00 bits per heavy atom. The van der Waals surface area contributed by atoms with Gasteiger partial charge in [0.2, 0.25) is 0 Å². The van der Waals surface area contributed by atoms with Crippen molar-refractivity contribution in [2.45, 2.75) is 25.6 Å². The van der Waals surface area contributed by atoms with Gasteiger partial charge in [-0.25, -0.2) is 0 Å². The molecule has 0 aromatic heterocycles. The second-order valence-corrected chi connectivity index (χ2v) is 7.96. The molecule has 0 aliphatic carbocycles. The largest absolute Gasteiger partial charge is 0.364 e. The molecule has 0 saturated carbocycles. The molecule has 5 rings (SSSR count). The molecule has 2 bridgehead atoms. The van der Waals surface area contributed by atoms with Crippen LogP contribution in [0.15, 0.2) is 96.6 Å². The third-order valence-electron chi connectivity index (χ3n) is 6.29. The van der Waals surface area contributed by atoms with E-state index in [2.05, 4.69) is 110 Å². The van der Waals surface area contributed by atoms with Crippen molar-refractivity contribution in [3.63, 3.8) is 0 Å². The topological polar surface area (TPSA) is 9.23 Å². The molecule has 3 aromatic rings. The predicted molar refractivity (Wildman–Crippen MR) is 120 cm³/mol. The van der Waals surface area contributed by atoms with E-state index in [9.17, 15) is 0 Å². The van der Waals surface area contributed by atoms with Gasteiger partial charge in [-0.1, -0.05) is 116 Å². The first kappa shape index (κ1) is 18.1. The summed E-state index contributed by atoms with van der Waals surface area (Å²) in [5.74, 6) is 0.727. The predicted octanol–water partition coefficient (Wildman–Crippen LogP) is 7.25. The fourth-order valence-electron chi connectivity index (χ4n) is 4.95. The maximum atomic E-state index is 6.58. The molecule has 3 aromatic carbocycles. The summed E-state index contributed by atoms with van der Waals surface area (Å²) in [6.45, 7) is 2.27. The molecule has 0 N–H and O–H groups in total. The molecule has 1 nitrogen and oxygen atoms in total. The Bertz CT molecular complexity index is 1030. The van der Waals surface area contributed by atoms with Crippen LogP contribution in [0.5, 0.6) is 0 Å². The van der Waals surface area contributed by atoms with Crippen LogP contribution in [-0.4, -0.2) is 0 Å². The lowest BCUT2D eigenvalue weighted by molar-refractivity contribution is 0.0593. The van der Waals surface area contributed by atoms with Gasteiger partial charge in [-0.15, -0.1) is 0 Å². The summed E-state index contributed by atoms with van der Waals surface area (Å²) < 4.78 is 6.58. The molecule has 1 heteroatoms. The van der Waals surface area contributed by atoms with Crippen molar-refractivity contribution in [1.29, 1.82) is 0 Å². The fourth-order valence-corrected chi connectivity index (χ4v) is 4.95. The normalized spacial score (nSPS) is 25.5. The van der Waals surface area contributed by atoms with Crippen LogP contribution in [0.25, 0.3) is 12.2 Å². The van der Waals surface area contributed by atoms with Crippen molar-refractivity contribution < 1.29 is 4.74 Å². The fraction of sp³-hybridized carbons (Fsp3) is 0.214. The number of hydrogen-bond acceptors (Lipinski definition) is 1. The molecule has 2 aliphatic heterocycles. The minimum absolute atomic E-state index is 0.145. The Morgan fingerprint density at radius 2 is 1.34 bits per heavy atom. The van der Waals surface area contributed by atoms with Crippen molar-refractivity contribution in [3.05, 3.63) is 119 Å². The van der Waals surface area contributed by atoms with E-state index in [-0.39, 0.29) is 12.2 Å². The highest BCUT2D eigenvalue weighted by atomic mass is 16.5. The lowest BCUT2D eigenvalue weighted by Gasteiger charge is -2.29. The Labute approximate surface area is 173 Å². The highest BCUT2D eigenvalue weighted by molar-refractivity contribution is 5.57. The molecule has 2 heterocycles. The maximum Gasteiger partial charge on any atom is 0.0909 e. The van der Waals surface area contributed by atoms with Gasteiger partial charge < -0.3 is 4.74 Å². The maximum absolute atomic E-state index is 6.58. The highest BCUT2D eigenvalue weighted by Crippen LogP contribution is 2.60. The van der Waals surface area contributed by atoms with Crippen LogP contribution in [0.4, 0.5) is 0 Å². The molecule has 144 valence electrons. The van der Waals surface area contributed by atoms with Crippen molar-refractivity contribution in [1.82, 2.24) is 0 Å². The summed E-state index contributed by atoms with van der Waals surface area (Å²) in [5, 5.41) is 0. The molecule has 29 heavy (non-hydrogen) atoms. The van der Waals surface area contributed by atoms with Crippen molar-refractivity contribution >= 4 is 12.2 Å². The molecule has 1 saturated heterocycles. The van der Waals surface area contributed by atoms with E-state index in [0.717, 1.165) is 6.42 Å². The van der Waals surface area contributed by atoms with E-state index in [4.69, 9.17) is 4.74 Å². The summed E-state index contributed by atoms with van der Waals surface area (Å²) in [7, 11) is 0. The first-order valence-corrected chi connectivity index (χ1v) is 10.6. The summed E-state index contributed by atoms with van der Waals surface area (Å²) in [6, 6.07) is 30.0. The van der Waals surface area contributed by atoms with Gasteiger partial charge in [0.15, 0.2) is 0 Å². The first-order valence-electron chi connectivity index (χ1n) is 10.6. The summed E-state index contributed by atoms with van der Waals surface area (Å²) in [5.41, 5.74) is 6.73. The van der Waals surface area contributed by atoms with Crippen molar-refractivity contribution in [2.24, 2.45) is 11.8 Å². The lowest BCUT2D eigenvalue weighted by atomic mass is 9.71. The van der Waals surface area contributed by atoms with Crippen molar-refractivity contribution in [3.8, 4) is 0 Å². The van der Waals surface area contributed by atoms with Crippen LogP contribution in [0.3, 0.4) is 0 Å². The summed E-state index contributed by atoms with van der Waals surface area (Å²) in [4.78, 5) is 0. The van der Waals surface area contributed by atoms with Crippen LogP contribution in [-0.2, 0) is 4.74 Å². The Morgan fingerprint density at radius 1 is 0.759 bits per heavy atom. The molecular formula is C28H26O. The summed E-state index contributed by atoms with van der Waals surface area (Å²) in [6.07, 6.45) is 8.35. The zero-order valence-corrected chi connectivity index (χ0v) is 16.7. The van der Waals surface area contributed by atoms with E-state index < -0.39 is 0 Å². The molecule has 4 atom stereocenters. The van der Waals surface area contributed by atoms with Gasteiger partial charge in [0.25, 0.3) is 0 Å². The Kier molecular flexibility index (Phi) is 4.91. The van der Waals surface area contributed by atoms with E-state index in [1.54, 1.807) is 0 Å². The minimum atomic E-state index is 0.145. The number of benzene rings is 3. The lowest BCUT2D eigenvalue weighted by Crippen LogP contribution is -2.22.